The van der Waals surface area contributed by atoms with Crippen LogP contribution < -0.4 is 0 Å². The minimum absolute atomic E-state index is 0.0833. The maximum Gasteiger partial charge on any atom is 0.331 e. The highest BCUT2D eigenvalue weighted by Gasteiger charge is 2.38. The van der Waals surface area contributed by atoms with Crippen molar-refractivity contribution in [3.05, 3.63) is 136 Å². The number of carbonyl (C=O) groups is 2. The van der Waals surface area contributed by atoms with Crippen LogP contribution in [0.15, 0.2) is 110 Å². The summed E-state index contributed by atoms with van der Waals surface area (Å²) in [6.07, 6.45) is 8.70. The number of aromatic nitrogens is 9. The van der Waals surface area contributed by atoms with E-state index in [0.717, 1.165) is 5.56 Å². The van der Waals surface area contributed by atoms with Gasteiger partial charge in [0.1, 0.15) is 20.9 Å². The van der Waals surface area contributed by atoms with Gasteiger partial charge in [-0.15, -0.1) is 0 Å². The fourth-order valence-corrected chi connectivity index (χ4v) is 6.94. The zero-order valence-corrected chi connectivity index (χ0v) is 29.1. The first-order chi connectivity index (χ1) is 25.2. The van der Waals surface area contributed by atoms with Gasteiger partial charge in [0, 0.05) is 19.3 Å². The Morgan fingerprint density at radius 2 is 1.21 bits per heavy atom. The number of amides is 1. The number of hydrogen-bond donors (Lipinski definition) is 4. The van der Waals surface area contributed by atoms with Gasteiger partial charge in [0.05, 0.1) is 41.5 Å². The number of aromatic amines is 2. The van der Waals surface area contributed by atoms with Crippen LogP contribution >= 0.6 is 24.4 Å². The normalized spacial score (nSPS) is 15.1. The summed E-state index contributed by atoms with van der Waals surface area (Å²) in [6, 6.07) is 22.4. The lowest BCUT2D eigenvalue weighted by atomic mass is 9.87. The molecule has 7 aromatic rings. The van der Waals surface area contributed by atoms with Crippen molar-refractivity contribution in [2.75, 3.05) is 13.1 Å². The molecule has 0 bridgehead atoms. The molecule has 6 heterocycles. The Hall–Kier alpha value is -5.97. The highest BCUT2D eigenvalue weighted by Crippen LogP contribution is 2.33. The summed E-state index contributed by atoms with van der Waals surface area (Å²) in [6.45, 7) is 0.841. The molecule has 16 heteroatoms. The lowest BCUT2D eigenvalue weighted by Gasteiger charge is -2.39. The third kappa shape index (κ3) is 6.73. The molecule has 0 radical (unpaired) electrons. The molecular formula is C36H32N10O4S2. The number of nitrogens with zero attached hydrogens (tertiary/aromatic N) is 8. The molecule has 1 saturated heterocycles. The monoisotopic (exact) mass is 732 g/mol. The molecular weight excluding hydrogens is 701 g/mol. The zero-order valence-electron chi connectivity index (χ0n) is 27.5. The van der Waals surface area contributed by atoms with Crippen molar-refractivity contribution >= 4 is 58.4 Å². The number of aliphatic carboxylic acids is 1. The van der Waals surface area contributed by atoms with Crippen LogP contribution in [0.4, 0.5) is 0 Å². The number of benzene rings is 2. The molecule has 1 aliphatic heterocycles. The summed E-state index contributed by atoms with van der Waals surface area (Å²) in [5, 5.41) is 35.3. The fourth-order valence-electron chi connectivity index (χ4n) is 6.34. The van der Waals surface area contributed by atoms with Crippen molar-refractivity contribution in [1.29, 1.82) is 0 Å². The minimum atomic E-state index is -1.03. The van der Waals surface area contributed by atoms with Gasteiger partial charge in [-0.1, -0.05) is 91.2 Å². The van der Waals surface area contributed by atoms with Crippen LogP contribution in [-0.4, -0.2) is 84.6 Å². The van der Waals surface area contributed by atoms with E-state index >= 15 is 0 Å². The molecule has 0 saturated carbocycles. The first-order valence-electron chi connectivity index (χ1n) is 16.3. The average Bonchev–Trinajstić information content (AvgIpc) is 3.87. The molecule has 0 aliphatic carbocycles. The van der Waals surface area contributed by atoms with Crippen molar-refractivity contribution < 1.29 is 19.8 Å². The Morgan fingerprint density at radius 3 is 1.71 bits per heavy atom. The van der Waals surface area contributed by atoms with Gasteiger partial charge < -0.3 is 24.2 Å². The number of carboxylic acid groups (broad SMARTS) is 1. The van der Waals surface area contributed by atoms with E-state index in [2.05, 4.69) is 35.3 Å². The van der Waals surface area contributed by atoms with Gasteiger partial charge in [-0.3, -0.25) is 20.0 Å². The second kappa shape index (κ2) is 14.7. The van der Waals surface area contributed by atoms with Gasteiger partial charge in [0.2, 0.25) is 5.91 Å². The van der Waals surface area contributed by atoms with E-state index in [1.807, 2.05) is 54.6 Å². The molecule has 14 nitrogen and oxygen atoms in total. The number of carbonyl (C=O) groups excluding carboxylic acids is 1. The molecule has 2 atom stereocenters. The maximum atomic E-state index is 13.8. The van der Waals surface area contributed by atoms with Crippen molar-refractivity contribution in [3.63, 3.8) is 0 Å². The second-order valence-electron chi connectivity index (χ2n) is 12.2. The fraction of sp³-hybridized carbons (Fsp3) is 0.194. The number of H-pyrrole nitrogens is 2. The summed E-state index contributed by atoms with van der Waals surface area (Å²) in [5.41, 5.74) is 2.20. The smallest absolute Gasteiger partial charge is 0.331 e. The van der Waals surface area contributed by atoms with Gasteiger partial charge in [0.25, 0.3) is 0 Å². The van der Waals surface area contributed by atoms with Crippen LogP contribution in [-0.2, 0) is 15.2 Å². The van der Waals surface area contributed by atoms with E-state index in [9.17, 15) is 19.8 Å². The van der Waals surface area contributed by atoms with E-state index in [4.69, 9.17) is 24.4 Å². The quantitative estimate of drug-likeness (QED) is 0.159. The average molecular weight is 733 g/mol. The summed E-state index contributed by atoms with van der Waals surface area (Å²) < 4.78 is 4.07. The van der Waals surface area contributed by atoms with Crippen LogP contribution in [0, 0.1) is 9.28 Å². The van der Waals surface area contributed by atoms with Crippen molar-refractivity contribution in [2.24, 2.45) is 0 Å². The summed E-state index contributed by atoms with van der Waals surface area (Å²) in [5.74, 6) is -1.07. The maximum absolute atomic E-state index is 13.8. The van der Waals surface area contributed by atoms with E-state index in [1.165, 1.54) is 10.9 Å². The summed E-state index contributed by atoms with van der Waals surface area (Å²) in [7, 11) is 0. The van der Waals surface area contributed by atoms with Crippen LogP contribution in [0.3, 0.4) is 0 Å². The summed E-state index contributed by atoms with van der Waals surface area (Å²) in [4.78, 5) is 40.0. The molecule has 5 aromatic heterocycles. The van der Waals surface area contributed by atoms with E-state index in [-0.39, 0.29) is 5.91 Å². The molecule has 262 valence electrons. The molecule has 0 spiro atoms. The number of likely N-dealkylation sites (tertiary alicyclic amines) is 1. The molecule has 4 N–H and O–H groups in total. The third-order valence-electron chi connectivity index (χ3n) is 9.09. The van der Waals surface area contributed by atoms with E-state index < -0.39 is 23.7 Å². The Balaban J connectivity index is 0.000000180. The molecule has 8 rings (SSSR count). The number of aliphatic hydroxyl groups is 1. The lowest BCUT2D eigenvalue weighted by Crippen LogP contribution is -2.48. The molecule has 1 amide bonds. The predicted octanol–water partition coefficient (Wildman–Crippen LogP) is 5.15. The van der Waals surface area contributed by atoms with Gasteiger partial charge in [0.15, 0.2) is 17.3 Å². The topological polar surface area (TPSA) is 184 Å². The van der Waals surface area contributed by atoms with Crippen molar-refractivity contribution in [1.82, 2.24) is 49.4 Å². The van der Waals surface area contributed by atoms with Gasteiger partial charge in [-0.25, -0.2) is 14.8 Å². The Morgan fingerprint density at radius 1 is 0.712 bits per heavy atom. The highest BCUT2D eigenvalue weighted by atomic mass is 32.1. The van der Waals surface area contributed by atoms with E-state index in [1.54, 1.807) is 58.7 Å². The second-order valence-corrected chi connectivity index (χ2v) is 13.0. The lowest BCUT2D eigenvalue weighted by molar-refractivity contribution is -0.140. The molecule has 2 unspecified atom stereocenters. The largest absolute Gasteiger partial charge is 0.479 e. The standard InChI is InChI=1S/C23H22N6O2S.C13H10N4O2S/c30-21(28-12-9-23(31,10-13-28)18-8-4-5-11-24-18)19(16-6-2-1-3-7-16)29-15-25-20-17(22(29)32)14-26-27-20;18-13(19)10(8-4-2-1-3-5-8)17-7-14-11-9(12(17)20)6-15-16-11/h1-8,11,14-15,19,31H,9-10,12-13H2,(H,26,27);1-7,10H,(H,15,16)(H,18,19). The Labute approximate surface area is 306 Å². The Kier molecular flexibility index (Phi) is 9.75. The number of carboxylic acids is 1. The number of fused-ring (bicyclic) bond motifs is 2. The SMILES string of the molecule is O=C(C(c1ccccc1)n1cnc2[nH]ncc2c1=S)N1CCC(O)(c2ccccn2)CC1.O=C(O)C(c1ccccc1)n1cnc2[nH]ncc2c1=S. The van der Waals surface area contributed by atoms with Gasteiger partial charge >= 0.3 is 5.97 Å². The predicted molar refractivity (Wildman–Crippen MR) is 196 cm³/mol. The number of pyridine rings is 1. The zero-order chi connectivity index (χ0) is 36.2. The number of nitrogens with one attached hydrogen (secondary N) is 2. The number of hydrogen-bond acceptors (Lipinski definition) is 10. The van der Waals surface area contributed by atoms with Gasteiger partial charge in [-0.2, -0.15) is 10.2 Å². The number of rotatable bonds is 7. The first-order valence-corrected chi connectivity index (χ1v) is 17.1. The van der Waals surface area contributed by atoms with Gasteiger partial charge in [-0.05, 0) is 36.1 Å². The van der Waals surface area contributed by atoms with Crippen LogP contribution in [0.5, 0.6) is 0 Å². The van der Waals surface area contributed by atoms with Crippen molar-refractivity contribution in [3.8, 4) is 0 Å². The summed E-state index contributed by atoms with van der Waals surface area (Å²) >= 11 is 11.0. The highest BCUT2D eigenvalue weighted by molar-refractivity contribution is 7.71. The Bertz CT molecular complexity index is 2460. The first kappa shape index (κ1) is 34.5. The van der Waals surface area contributed by atoms with Crippen LogP contribution in [0.2, 0.25) is 0 Å². The molecule has 52 heavy (non-hydrogen) atoms. The van der Waals surface area contributed by atoms with Crippen molar-refractivity contribution in [2.45, 2.75) is 30.5 Å². The molecule has 2 aromatic carbocycles. The minimum Gasteiger partial charge on any atom is -0.479 e. The van der Waals surface area contributed by atoms with E-state index in [0.29, 0.717) is 68.5 Å². The van der Waals surface area contributed by atoms with Crippen LogP contribution in [0.25, 0.3) is 22.1 Å². The molecule has 1 aliphatic rings. The van der Waals surface area contributed by atoms with Crippen LogP contribution in [0.1, 0.15) is 41.7 Å². The third-order valence-corrected chi connectivity index (χ3v) is 9.95. The molecule has 1 fully saturated rings. The number of piperidine rings is 1.